The normalized spacial score (nSPS) is 13.1. The van der Waals surface area contributed by atoms with E-state index in [1.165, 1.54) is 0 Å². The molecule has 1 aromatic heterocycles. The van der Waals surface area contributed by atoms with Crippen molar-refractivity contribution in [1.82, 2.24) is 9.97 Å². The highest BCUT2D eigenvalue weighted by Crippen LogP contribution is 2.33. The van der Waals surface area contributed by atoms with E-state index in [0.717, 1.165) is 23.6 Å². The molecule has 1 aromatic carbocycles. The van der Waals surface area contributed by atoms with Gasteiger partial charge in [-0.2, -0.15) is 0 Å². The van der Waals surface area contributed by atoms with Crippen LogP contribution in [0.4, 0.5) is 11.5 Å². The van der Waals surface area contributed by atoms with Crippen molar-refractivity contribution in [2.45, 2.75) is 13.3 Å². The minimum absolute atomic E-state index is 0.428. The maximum atomic E-state index is 5.97. The molecule has 0 saturated carbocycles. The summed E-state index contributed by atoms with van der Waals surface area (Å²) in [4.78, 5) is 8.51. The summed E-state index contributed by atoms with van der Waals surface area (Å²) in [5, 5.41) is 3.63. The Kier molecular flexibility index (Phi) is 3.60. The molecule has 0 radical (unpaired) electrons. The van der Waals surface area contributed by atoms with Gasteiger partial charge in [0.05, 0.1) is 0 Å². The molecule has 104 valence electrons. The smallest absolute Gasteiger partial charge is 0.163 e. The Morgan fingerprint density at radius 2 is 1.95 bits per heavy atom. The molecule has 0 unspecified atom stereocenters. The molecule has 0 amide bonds. The SMILES string of the molecule is CCc1nc(Cl)cc(Nc2ccc3c(c2)OCCO3)n1. The number of rotatable bonds is 3. The Morgan fingerprint density at radius 3 is 2.75 bits per heavy atom. The molecule has 2 heterocycles. The van der Waals surface area contributed by atoms with Gasteiger partial charge >= 0.3 is 0 Å². The highest BCUT2D eigenvalue weighted by atomic mass is 35.5. The van der Waals surface area contributed by atoms with Gasteiger partial charge < -0.3 is 14.8 Å². The van der Waals surface area contributed by atoms with E-state index in [9.17, 15) is 0 Å². The van der Waals surface area contributed by atoms with Crippen LogP contribution in [0.15, 0.2) is 24.3 Å². The molecule has 20 heavy (non-hydrogen) atoms. The summed E-state index contributed by atoms with van der Waals surface area (Å²) in [5.41, 5.74) is 0.867. The zero-order chi connectivity index (χ0) is 13.9. The molecule has 3 rings (SSSR count). The fourth-order valence-corrected chi connectivity index (χ4v) is 2.16. The first-order chi connectivity index (χ1) is 9.74. The molecule has 0 bridgehead atoms. The number of nitrogens with one attached hydrogen (secondary N) is 1. The Morgan fingerprint density at radius 1 is 1.15 bits per heavy atom. The van der Waals surface area contributed by atoms with Crippen LogP contribution in [0.1, 0.15) is 12.7 Å². The van der Waals surface area contributed by atoms with Crippen molar-refractivity contribution in [3.8, 4) is 11.5 Å². The van der Waals surface area contributed by atoms with Gasteiger partial charge in [0.25, 0.3) is 0 Å². The minimum atomic E-state index is 0.428. The van der Waals surface area contributed by atoms with E-state index in [4.69, 9.17) is 21.1 Å². The predicted molar refractivity (Wildman–Crippen MR) is 77.1 cm³/mol. The monoisotopic (exact) mass is 291 g/mol. The molecule has 0 saturated heterocycles. The molecule has 0 aliphatic carbocycles. The number of ether oxygens (including phenoxy) is 2. The standard InChI is InChI=1S/C14H14ClN3O2/c1-2-13-17-12(15)8-14(18-13)16-9-3-4-10-11(7-9)20-6-5-19-10/h3-4,7-8H,2,5-6H2,1H3,(H,16,17,18). The van der Waals surface area contributed by atoms with E-state index >= 15 is 0 Å². The van der Waals surface area contributed by atoms with Crippen LogP contribution in [0.5, 0.6) is 11.5 Å². The predicted octanol–water partition coefficient (Wildman–Crippen LogP) is 3.21. The Hall–Kier alpha value is -2.01. The average Bonchev–Trinajstić information content (AvgIpc) is 2.46. The first-order valence-electron chi connectivity index (χ1n) is 6.45. The van der Waals surface area contributed by atoms with Gasteiger partial charge in [-0.25, -0.2) is 9.97 Å². The summed E-state index contributed by atoms with van der Waals surface area (Å²) in [7, 11) is 0. The van der Waals surface area contributed by atoms with Gasteiger partial charge in [0.2, 0.25) is 0 Å². The fourth-order valence-electron chi connectivity index (χ4n) is 1.96. The second kappa shape index (κ2) is 5.54. The first-order valence-corrected chi connectivity index (χ1v) is 6.82. The van der Waals surface area contributed by atoms with Gasteiger partial charge in [0.1, 0.15) is 30.0 Å². The fraction of sp³-hybridized carbons (Fsp3) is 0.286. The molecular weight excluding hydrogens is 278 g/mol. The van der Waals surface area contributed by atoms with Gasteiger partial charge in [-0.1, -0.05) is 18.5 Å². The molecule has 0 fully saturated rings. The Bertz CT molecular complexity index is 634. The van der Waals surface area contributed by atoms with Gasteiger partial charge in [-0.15, -0.1) is 0 Å². The van der Waals surface area contributed by atoms with Crippen molar-refractivity contribution in [2.75, 3.05) is 18.5 Å². The Balaban J connectivity index is 1.85. The van der Waals surface area contributed by atoms with Crippen molar-refractivity contribution >= 4 is 23.1 Å². The lowest BCUT2D eigenvalue weighted by Gasteiger charge is -2.19. The van der Waals surface area contributed by atoms with Crippen molar-refractivity contribution in [1.29, 1.82) is 0 Å². The molecule has 1 aliphatic heterocycles. The number of anilines is 2. The number of benzene rings is 1. The molecule has 0 spiro atoms. The molecule has 1 N–H and O–H groups in total. The van der Waals surface area contributed by atoms with Crippen LogP contribution in [0, 0.1) is 0 Å². The number of aromatic nitrogens is 2. The Labute approximate surface area is 121 Å². The van der Waals surface area contributed by atoms with Crippen LogP contribution in [0.2, 0.25) is 5.15 Å². The number of hydrogen-bond donors (Lipinski definition) is 1. The lowest BCUT2D eigenvalue weighted by Crippen LogP contribution is -2.15. The highest BCUT2D eigenvalue weighted by Gasteiger charge is 2.12. The van der Waals surface area contributed by atoms with Gasteiger partial charge in [0, 0.05) is 24.2 Å². The zero-order valence-electron chi connectivity index (χ0n) is 11.0. The number of fused-ring (bicyclic) bond motifs is 1. The molecule has 5 nitrogen and oxygen atoms in total. The van der Waals surface area contributed by atoms with E-state index in [2.05, 4.69) is 15.3 Å². The summed E-state index contributed by atoms with van der Waals surface area (Å²) in [5.74, 6) is 2.87. The summed E-state index contributed by atoms with van der Waals surface area (Å²) >= 11 is 5.97. The second-order valence-electron chi connectivity index (χ2n) is 4.33. The van der Waals surface area contributed by atoms with E-state index in [1.54, 1.807) is 6.07 Å². The maximum Gasteiger partial charge on any atom is 0.163 e. The van der Waals surface area contributed by atoms with Gasteiger partial charge in [0.15, 0.2) is 11.5 Å². The molecule has 1 aliphatic rings. The largest absolute Gasteiger partial charge is 0.486 e. The van der Waals surface area contributed by atoms with E-state index < -0.39 is 0 Å². The third-order valence-electron chi connectivity index (χ3n) is 2.87. The molecule has 2 aromatic rings. The van der Waals surface area contributed by atoms with E-state index in [1.807, 2.05) is 25.1 Å². The summed E-state index contributed by atoms with van der Waals surface area (Å²) in [6.45, 7) is 3.14. The number of hydrogen-bond acceptors (Lipinski definition) is 5. The summed E-state index contributed by atoms with van der Waals surface area (Å²) in [6.07, 6.45) is 0.733. The van der Waals surface area contributed by atoms with Crippen molar-refractivity contribution < 1.29 is 9.47 Å². The minimum Gasteiger partial charge on any atom is -0.486 e. The van der Waals surface area contributed by atoms with Crippen LogP contribution in [-0.2, 0) is 6.42 Å². The first kappa shape index (κ1) is 13.0. The van der Waals surface area contributed by atoms with E-state index in [-0.39, 0.29) is 0 Å². The lowest BCUT2D eigenvalue weighted by molar-refractivity contribution is 0.171. The van der Waals surface area contributed by atoms with Gasteiger partial charge in [-0.05, 0) is 12.1 Å². The van der Waals surface area contributed by atoms with Crippen LogP contribution in [-0.4, -0.2) is 23.2 Å². The number of aryl methyl sites for hydroxylation is 1. The third-order valence-corrected chi connectivity index (χ3v) is 3.07. The summed E-state index contributed by atoms with van der Waals surface area (Å²) in [6, 6.07) is 7.36. The number of nitrogens with zero attached hydrogens (tertiary/aromatic N) is 2. The average molecular weight is 292 g/mol. The molecule has 0 atom stereocenters. The van der Waals surface area contributed by atoms with Crippen molar-refractivity contribution in [3.05, 3.63) is 35.2 Å². The zero-order valence-corrected chi connectivity index (χ0v) is 11.8. The van der Waals surface area contributed by atoms with E-state index in [0.29, 0.717) is 30.0 Å². The lowest BCUT2D eigenvalue weighted by atomic mass is 10.2. The van der Waals surface area contributed by atoms with Crippen molar-refractivity contribution in [2.24, 2.45) is 0 Å². The molecule has 6 heteroatoms. The third kappa shape index (κ3) is 2.77. The second-order valence-corrected chi connectivity index (χ2v) is 4.72. The van der Waals surface area contributed by atoms with Crippen LogP contribution < -0.4 is 14.8 Å². The van der Waals surface area contributed by atoms with Crippen molar-refractivity contribution in [3.63, 3.8) is 0 Å². The number of halogens is 1. The maximum absolute atomic E-state index is 5.97. The highest BCUT2D eigenvalue weighted by molar-refractivity contribution is 6.29. The van der Waals surface area contributed by atoms with Crippen LogP contribution >= 0.6 is 11.6 Å². The van der Waals surface area contributed by atoms with Crippen LogP contribution in [0.3, 0.4) is 0 Å². The van der Waals surface area contributed by atoms with Gasteiger partial charge in [-0.3, -0.25) is 0 Å². The molecular formula is C14H14ClN3O2. The van der Waals surface area contributed by atoms with Crippen LogP contribution in [0.25, 0.3) is 0 Å². The topological polar surface area (TPSA) is 56.3 Å². The quantitative estimate of drug-likeness (QED) is 0.880. The summed E-state index contributed by atoms with van der Waals surface area (Å²) < 4.78 is 11.0.